The maximum atomic E-state index is 13.0. The molecule has 0 saturated carbocycles. The third-order valence-electron chi connectivity index (χ3n) is 5.09. The highest BCUT2D eigenvalue weighted by atomic mass is 35.5. The van der Waals surface area contributed by atoms with Gasteiger partial charge in [0.2, 0.25) is 0 Å². The average molecular weight is 411 g/mol. The summed E-state index contributed by atoms with van der Waals surface area (Å²) >= 11 is 12.3. The van der Waals surface area contributed by atoms with Gasteiger partial charge < -0.3 is 5.73 Å². The number of benzene rings is 1. The molecule has 2 N–H and O–H groups in total. The fourth-order valence-corrected chi connectivity index (χ4v) is 4.18. The lowest BCUT2D eigenvalue weighted by molar-refractivity contribution is -0.116. The number of carbonyl (C=O) groups excluding carboxylic acids is 1. The minimum absolute atomic E-state index is 0.0282. The molecule has 1 atom stereocenters. The zero-order valence-corrected chi connectivity index (χ0v) is 16.3. The number of halogens is 2. The van der Waals surface area contributed by atoms with Crippen LogP contribution >= 0.6 is 23.2 Å². The summed E-state index contributed by atoms with van der Waals surface area (Å²) in [5.74, 6) is -0.191. The molecule has 1 aliphatic heterocycles. The fraction of sp³-hybridized carbons (Fsp3) is 0.190. The molecule has 28 heavy (non-hydrogen) atoms. The summed E-state index contributed by atoms with van der Waals surface area (Å²) < 4.78 is 0. The van der Waals surface area contributed by atoms with Gasteiger partial charge in [0.25, 0.3) is 0 Å². The van der Waals surface area contributed by atoms with Crippen LogP contribution < -0.4 is 10.6 Å². The van der Waals surface area contributed by atoms with E-state index < -0.39 is 5.92 Å². The number of aromatic nitrogens is 1. The number of Topliss-reactive ketones (excluding diaryl/α,β-unsaturated/α-hetero) is 1. The Morgan fingerprint density at radius 1 is 1.21 bits per heavy atom. The number of pyridine rings is 1. The highest BCUT2D eigenvalue weighted by molar-refractivity contribution is 6.42. The standard InChI is InChI=1S/C21H16Cl2N4O/c22-15-7-6-13(9-16(15)23)27-17-4-1-5-18(28)20(17)19(14(10-24)21(27)25)12-3-2-8-26-11-12/h2-3,6-9,11,19H,1,4-5,25H2. The largest absolute Gasteiger partial charge is 0.384 e. The van der Waals surface area contributed by atoms with Crippen LogP contribution in [0.25, 0.3) is 0 Å². The summed E-state index contributed by atoms with van der Waals surface area (Å²) in [4.78, 5) is 18.9. The SMILES string of the molecule is N#CC1=C(N)N(c2ccc(Cl)c(Cl)c2)C2=C(C(=O)CCC2)C1c1cccnc1. The number of allylic oxidation sites excluding steroid dienone is 3. The van der Waals surface area contributed by atoms with Crippen LogP contribution in [0.4, 0.5) is 5.69 Å². The number of hydrogen-bond acceptors (Lipinski definition) is 5. The molecule has 7 heteroatoms. The second kappa shape index (κ2) is 7.31. The molecule has 0 bridgehead atoms. The molecule has 1 unspecified atom stereocenters. The lowest BCUT2D eigenvalue weighted by Crippen LogP contribution is -2.38. The van der Waals surface area contributed by atoms with Crippen molar-refractivity contribution in [3.8, 4) is 6.07 Å². The van der Waals surface area contributed by atoms with E-state index >= 15 is 0 Å². The molecule has 0 spiro atoms. The van der Waals surface area contributed by atoms with E-state index in [2.05, 4.69) is 11.1 Å². The van der Waals surface area contributed by atoms with E-state index in [1.54, 1.807) is 41.6 Å². The molecule has 4 rings (SSSR count). The first-order valence-electron chi connectivity index (χ1n) is 8.84. The van der Waals surface area contributed by atoms with Gasteiger partial charge in [-0.3, -0.25) is 14.7 Å². The Morgan fingerprint density at radius 2 is 2.04 bits per heavy atom. The lowest BCUT2D eigenvalue weighted by Gasteiger charge is -2.39. The van der Waals surface area contributed by atoms with Gasteiger partial charge in [-0.15, -0.1) is 0 Å². The molecule has 140 valence electrons. The zero-order valence-electron chi connectivity index (χ0n) is 14.8. The minimum Gasteiger partial charge on any atom is -0.384 e. The van der Waals surface area contributed by atoms with Crippen molar-refractivity contribution in [3.05, 3.63) is 81.0 Å². The van der Waals surface area contributed by atoms with Crippen molar-refractivity contribution in [1.29, 1.82) is 5.26 Å². The van der Waals surface area contributed by atoms with Gasteiger partial charge in [0.15, 0.2) is 5.78 Å². The highest BCUT2D eigenvalue weighted by Crippen LogP contribution is 2.46. The van der Waals surface area contributed by atoms with Crippen molar-refractivity contribution in [2.45, 2.75) is 25.2 Å². The van der Waals surface area contributed by atoms with Crippen LogP contribution in [0.1, 0.15) is 30.7 Å². The molecular formula is C21H16Cl2N4O. The third kappa shape index (κ3) is 2.95. The molecule has 5 nitrogen and oxygen atoms in total. The topological polar surface area (TPSA) is 83.0 Å². The second-order valence-electron chi connectivity index (χ2n) is 6.70. The molecule has 1 aromatic heterocycles. The summed E-state index contributed by atoms with van der Waals surface area (Å²) in [5.41, 5.74) is 9.66. The van der Waals surface area contributed by atoms with Crippen LogP contribution in [0, 0.1) is 11.3 Å². The average Bonchev–Trinajstić information content (AvgIpc) is 2.70. The molecule has 2 heterocycles. The number of hydrogen-bond donors (Lipinski definition) is 1. The Balaban J connectivity index is 1.97. The van der Waals surface area contributed by atoms with E-state index in [1.165, 1.54) is 0 Å². The molecule has 2 aromatic rings. The summed E-state index contributed by atoms with van der Waals surface area (Å²) in [6.07, 6.45) is 5.19. The molecule has 1 aliphatic carbocycles. The molecule has 0 fully saturated rings. The van der Waals surface area contributed by atoms with Crippen molar-refractivity contribution in [2.75, 3.05) is 4.90 Å². The first kappa shape index (κ1) is 18.5. The Morgan fingerprint density at radius 3 is 2.71 bits per heavy atom. The van der Waals surface area contributed by atoms with Gasteiger partial charge in [-0.05, 0) is 42.7 Å². The number of nitrogens with zero attached hydrogens (tertiary/aromatic N) is 3. The Kier molecular flexibility index (Phi) is 4.84. The predicted molar refractivity (Wildman–Crippen MR) is 109 cm³/mol. The predicted octanol–water partition coefficient (Wildman–Crippen LogP) is 4.69. The van der Waals surface area contributed by atoms with E-state index in [4.69, 9.17) is 28.9 Å². The smallest absolute Gasteiger partial charge is 0.161 e. The molecular weight excluding hydrogens is 395 g/mol. The number of nitrogens with two attached hydrogens (primary N) is 1. The third-order valence-corrected chi connectivity index (χ3v) is 5.83. The second-order valence-corrected chi connectivity index (χ2v) is 7.52. The van der Waals surface area contributed by atoms with E-state index in [9.17, 15) is 10.1 Å². The van der Waals surface area contributed by atoms with Crippen molar-refractivity contribution in [2.24, 2.45) is 5.73 Å². The van der Waals surface area contributed by atoms with Crippen LogP contribution in [0.2, 0.25) is 10.0 Å². The van der Waals surface area contributed by atoms with Gasteiger partial charge in [0.05, 0.1) is 27.6 Å². The van der Waals surface area contributed by atoms with E-state index in [0.717, 1.165) is 17.7 Å². The number of carbonyl (C=O) groups is 1. The molecule has 2 aliphatic rings. The van der Waals surface area contributed by atoms with Crippen LogP contribution in [0.15, 0.2) is 65.4 Å². The number of rotatable bonds is 2. The number of nitriles is 1. The summed E-state index contributed by atoms with van der Waals surface area (Å²) in [6.45, 7) is 0. The Hall–Kier alpha value is -2.81. The Labute approximate surface area is 172 Å². The fourth-order valence-electron chi connectivity index (χ4n) is 3.89. The summed E-state index contributed by atoms with van der Waals surface area (Å²) in [7, 11) is 0. The van der Waals surface area contributed by atoms with Gasteiger partial charge in [-0.2, -0.15) is 5.26 Å². The number of ketones is 1. The molecule has 0 amide bonds. The van der Waals surface area contributed by atoms with E-state index in [0.29, 0.717) is 45.5 Å². The maximum absolute atomic E-state index is 13.0. The van der Waals surface area contributed by atoms with Crippen molar-refractivity contribution in [3.63, 3.8) is 0 Å². The monoisotopic (exact) mass is 410 g/mol. The highest BCUT2D eigenvalue weighted by Gasteiger charge is 2.40. The maximum Gasteiger partial charge on any atom is 0.161 e. The first-order chi connectivity index (χ1) is 13.5. The van der Waals surface area contributed by atoms with Gasteiger partial charge in [0, 0.05) is 35.8 Å². The normalized spacial score (nSPS) is 19.5. The van der Waals surface area contributed by atoms with Crippen molar-refractivity contribution in [1.82, 2.24) is 4.98 Å². The number of anilines is 1. The van der Waals surface area contributed by atoms with Gasteiger partial charge in [-0.25, -0.2) is 0 Å². The Bertz CT molecular complexity index is 1070. The van der Waals surface area contributed by atoms with Crippen LogP contribution in [-0.2, 0) is 4.79 Å². The van der Waals surface area contributed by atoms with Gasteiger partial charge in [-0.1, -0.05) is 29.3 Å². The quantitative estimate of drug-likeness (QED) is 0.775. The molecule has 0 radical (unpaired) electrons. The first-order valence-corrected chi connectivity index (χ1v) is 9.59. The van der Waals surface area contributed by atoms with Crippen LogP contribution in [0.3, 0.4) is 0 Å². The van der Waals surface area contributed by atoms with Crippen LogP contribution in [0.5, 0.6) is 0 Å². The molecule has 1 aromatic carbocycles. The van der Waals surface area contributed by atoms with Crippen molar-refractivity contribution < 1.29 is 4.79 Å². The lowest BCUT2D eigenvalue weighted by atomic mass is 9.76. The summed E-state index contributed by atoms with van der Waals surface area (Å²) in [6, 6.07) is 11.0. The van der Waals surface area contributed by atoms with Crippen molar-refractivity contribution >= 4 is 34.7 Å². The molecule has 0 saturated heterocycles. The van der Waals surface area contributed by atoms with Gasteiger partial charge >= 0.3 is 0 Å². The van der Waals surface area contributed by atoms with Crippen LogP contribution in [-0.4, -0.2) is 10.8 Å². The summed E-state index contributed by atoms with van der Waals surface area (Å²) in [5, 5.41) is 10.7. The van der Waals surface area contributed by atoms with E-state index in [-0.39, 0.29) is 5.78 Å². The zero-order chi connectivity index (χ0) is 19.8. The van der Waals surface area contributed by atoms with E-state index in [1.807, 2.05) is 6.07 Å². The van der Waals surface area contributed by atoms with Gasteiger partial charge in [0.1, 0.15) is 5.82 Å². The minimum atomic E-state index is -0.513.